The van der Waals surface area contributed by atoms with E-state index in [2.05, 4.69) is 5.32 Å². The predicted molar refractivity (Wildman–Crippen MR) is 71.9 cm³/mol. The summed E-state index contributed by atoms with van der Waals surface area (Å²) in [7, 11) is 0. The van der Waals surface area contributed by atoms with Crippen LogP contribution in [0.15, 0.2) is 0 Å². The molecule has 0 amide bonds. The lowest BCUT2D eigenvalue weighted by Crippen LogP contribution is -2.41. The molecule has 1 unspecified atom stereocenters. The molecule has 0 spiro atoms. The van der Waals surface area contributed by atoms with Crippen molar-refractivity contribution in [2.45, 2.75) is 39.4 Å². The largest absolute Gasteiger partial charge is 0.389 e. The van der Waals surface area contributed by atoms with Crippen molar-refractivity contribution in [3.8, 4) is 0 Å². The fraction of sp³-hybridized carbons (Fsp3) is 1.00. The number of hydrogen-bond donors (Lipinski definition) is 2. The van der Waals surface area contributed by atoms with E-state index in [0.717, 1.165) is 0 Å². The lowest BCUT2D eigenvalue weighted by atomic mass is 10.1. The topological polar surface area (TPSA) is 60.0 Å². The van der Waals surface area contributed by atoms with Crippen molar-refractivity contribution in [3.05, 3.63) is 0 Å². The first kappa shape index (κ1) is 17.8. The van der Waals surface area contributed by atoms with Crippen LogP contribution >= 0.6 is 0 Å². The van der Waals surface area contributed by atoms with Gasteiger partial charge in [-0.05, 0) is 27.7 Å². The number of aliphatic hydroxyl groups is 1. The van der Waals surface area contributed by atoms with Gasteiger partial charge in [0.1, 0.15) is 0 Å². The molecule has 0 aliphatic rings. The second-order valence-corrected chi connectivity index (χ2v) is 4.75. The minimum Gasteiger partial charge on any atom is -0.389 e. The SMILES string of the molecule is CCOCCOCC(O)CNCC(C)(C)OCC. The maximum atomic E-state index is 9.66. The molecule has 0 radical (unpaired) electrons. The summed E-state index contributed by atoms with van der Waals surface area (Å²) in [5, 5.41) is 12.8. The molecule has 0 heterocycles. The van der Waals surface area contributed by atoms with Crippen LogP contribution in [0.1, 0.15) is 27.7 Å². The summed E-state index contributed by atoms with van der Waals surface area (Å²) >= 11 is 0. The van der Waals surface area contributed by atoms with Gasteiger partial charge in [0.15, 0.2) is 0 Å². The van der Waals surface area contributed by atoms with Crippen molar-refractivity contribution in [2.24, 2.45) is 0 Å². The average molecular weight is 263 g/mol. The van der Waals surface area contributed by atoms with Crippen LogP contribution in [0.2, 0.25) is 0 Å². The fourth-order valence-electron chi connectivity index (χ4n) is 1.52. The summed E-state index contributed by atoms with van der Waals surface area (Å²) in [6.45, 7) is 12.0. The van der Waals surface area contributed by atoms with Crippen LogP contribution in [-0.2, 0) is 14.2 Å². The fourth-order valence-corrected chi connectivity index (χ4v) is 1.52. The highest BCUT2D eigenvalue weighted by atomic mass is 16.5. The molecule has 110 valence electrons. The first-order valence-electron chi connectivity index (χ1n) is 6.70. The van der Waals surface area contributed by atoms with E-state index in [0.29, 0.717) is 46.1 Å². The summed E-state index contributed by atoms with van der Waals surface area (Å²) in [5.41, 5.74) is -0.204. The van der Waals surface area contributed by atoms with E-state index in [1.54, 1.807) is 0 Å². The molecule has 5 nitrogen and oxygen atoms in total. The van der Waals surface area contributed by atoms with Crippen LogP contribution in [0.25, 0.3) is 0 Å². The second-order valence-electron chi connectivity index (χ2n) is 4.75. The van der Waals surface area contributed by atoms with E-state index < -0.39 is 6.10 Å². The Bertz CT molecular complexity index is 188. The summed E-state index contributed by atoms with van der Waals surface area (Å²) in [6.07, 6.45) is -0.496. The maximum Gasteiger partial charge on any atom is 0.0897 e. The number of hydrogen-bond acceptors (Lipinski definition) is 5. The molecule has 0 aliphatic carbocycles. The van der Waals surface area contributed by atoms with Crippen LogP contribution in [0.5, 0.6) is 0 Å². The molecule has 0 fully saturated rings. The van der Waals surface area contributed by atoms with Crippen molar-refractivity contribution in [1.29, 1.82) is 0 Å². The van der Waals surface area contributed by atoms with Crippen LogP contribution in [-0.4, -0.2) is 62.9 Å². The Kier molecular flexibility index (Phi) is 10.6. The normalized spacial score (nSPS) is 13.8. The van der Waals surface area contributed by atoms with Gasteiger partial charge in [-0.25, -0.2) is 0 Å². The van der Waals surface area contributed by atoms with Gasteiger partial charge in [-0.15, -0.1) is 0 Å². The van der Waals surface area contributed by atoms with E-state index >= 15 is 0 Å². The highest BCUT2D eigenvalue weighted by Crippen LogP contribution is 2.06. The number of rotatable bonds is 12. The highest BCUT2D eigenvalue weighted by molar-refractivity contribution is 4.72. The van der Waals surface area contributed by atoms with Gasteiger partial charge in [-0.2, -0.15) is 0 Å². The minimum absolute atomic E-state index is 0.204. The van der Waals surface area contributed by atoms with Crippen molar-refractivity contribution < 1.29 is 19.3 Å². The second kappa shape index (κ2) is 10.7. The molecule has 0 aliphatic heterocycles. The lowest BCUT2D eigenvalue weighted by Gasteiger charge is -2.25. The summed E-state index contributed by atoms with van der Waals surface area (Å²) in [5.74, 6) is 0. The number of nitrogens with one attached hydrogen (secondary N) is 1. The molecule has 1 atom stereocenters. The lowest BCUT2D eigenvalue weighted by molar-refractivity contribution is -0.0162. The Morgan fingerprint density at radius 1 is 1.11 bits per heavy atom. The van der Waals surface area contributed by atoms with E-state index in [-0.39, 0.29) is 5.60 Å². The molecular weight excluding hydrogens is 234 g/mol. The molecule has 0 saturated carbocycles. The van der Waals surface area contributed by atoms with E-state index in [1.807, 2.05) is 27.7 Å². The summed E-state index contributed by atoms with van der Waals surface area (Å²) in [6, 6.07) is 0. The molecule has 0 aromatic carbocycles. The van der Waals surface area contributed by atoms with Crippen molar-refractivity contribution in [1.82, 2.24) is 5.32 Å². The Morgan fingerprint density at radius 3 is 2.39 bits per heavy atom. The minimum atomic E-state index is -0.496. The smallest absolute Gasteiger partial charge is 0.0897 e. The third-order valence-corrected chi connectivity index (χ3v) is 2.35. The molecule has 5 heteroatoms. The Morgan fingerprint density at radius 2 is 1.78 bits per heavy atom. The van der Waals surface area contributed by atoms with Crippen LogP contribution in [0.3, 0.4) is 0 Å². The summed E-state index contributed by atoms with van der Waals surface area (Å²) in [4.78, 5) is 0. The van der Waals surface area contributed by atoms with Crippen molar-refractivity contribution in [2.75, 3.05) is 46.1 Å². The molecule has 0 rings (SSSR count). The van der Waals surface area contributed by atoms with Crippen molar-refractivity contribution >= 4 is 0 Å². The highest BCUT2D eigenvalue weighted by Gasteiger charge is 2.17. The quantitative estimate of drug-likeness (QED) is 0.510. The maximum absolute atomic E-state index is 9.66. The van der Waals surface area contributed by atoms with Gasteiger partial charge in [0.25, 0.3) is 0 Å². The Labute approximate surface area is 111 Å². The van der Waals surface area contributed by atoms with E-state index in [4.69, 9.17) is 14.2 Å². The molecular formula is C13H29NO4. The zero-order chi connectivity index (χ0) is 13.9. The first-order chi connectivity index (χ1) is 8.52. The van der Waals surface area contributed by atoms with E-state index in [9.17, 15) is 5.11 Å². The van der Waals surface area contributed by atoms with Gasteiger partial charge in [0.2, 0.25) is 0 Å². The zero-order valence-electron chi connectivity index (χ0n) is 12.2. The Balaban J connectivity index is 3.44. The average Bonchev–Trinajstić information content (AvgIpc) is 2.28. The van der Waals surface area contributed by atoms with Gasteiger partial charge in [-0.1, -0.05) is 0 Å². The van der Waals surface area contributed by atoms with Crippen molar-refractivity contribution in [3.63, 3.8) is 0 Å². The Hall–Kier alpha value is -0.200. The molecule has 0 bridgehead atoms. The molecule has 0 aromatic heterocycles. The van der Waals surface area contributed by atoms with Gasteiger partial charge in [0, 0.05) is 26.3 Å². The number of aliphatic hydroxyl groups excluding tert-OH is 1. The van der Waals surface area contributed by atoms with Crippen LogP contribution in [0.4, 0.5) is 0 Å². The third kappa shape index (κ3) is 10.9. The number of ether oxygens (including phenoxy) is 3. The predicted octanol–water partition coefficient (Wildman–Crippen LogP) is 0.805. The van der Waals surface area contributed by atoms with Gasteiger partial charge < -0.3 is 24.6 Å². The molecule has 0 aromatic rings. The van der Waals surface area contributed by atoms with Gasteiger partial charge >= 0.3 is 0 Å². The monoisotopic (exact) mass is 263 g/mol. The summed E-state index contributed by atoms with van der Waals surface area (Å²) < 4.78 is 16.0. The van der Waals surface area contributed by atoms with Gasteiger partial charge in [0.05, 0.1) is 31.5 Å². The molecule has 18 heavy (non-hydrogen) atoms. The first-order valence-corrected chi connectivity index (χ1v) is 6.70. The van der Waals surface area contributed by atoms with Crippen LogP contribution < -0.4 is 5.32 Å². The third-order valence-electron chi connectivity index (χ3n) is 2.35. The van der Waals surface area contributed by atoms with Crippen LogP contribution in [0, 0.1) is 0 Å². The standard InChI is InChI=1S/C13H29NO4/c1-5-16-7-8-17-10-12(15)9-14-11-13(3,4)18-6-2/h12,14-15H,5-11H2,1-4H3. The molecule has 0 saturated heterocycles. The van der Waals surface area contributed by atoms with E-state index in [1.165, 1.54) is 0 Å². The van der Waals surface area contributed by atoms with Gasteiger partial charge in [-0.3, -0.25) is 0 Å². The molecule has 2 N–H and O–H groups in total. The zero-order valence-corrected chi connectivity index (χ0v) is 12.2.